The van der Waals surface area contributed by atoms with Crippen LogP contribution < -0.4 is 14.8 Å². The summed E-state index contributed by atoms with van der Waals surface area (Å²) in [6.07, 6.45) is 3.22. The molecule has 0 radical (unpaired) electrons. The number of hydrogen-bond donors (Lipinski definition) is 2. The average Bonchev–Trinajstić information content (AvgIpc) is 3.74. The Hall–Kier alpha value is -5.39. The van der Waals surface area contributed by atoms with Crippen LogP contribution in [0.5, 0.6) is 11.5 Å². The molecule has 0 unspecified atom stereocenters. The van der Waals surface area contributed by atoms with E-state index in [2.05, 4.69) is 25.5 Å². The number of ketones is 1. The minimum atomic E-state index is -0.256. The molecule has 10 nitrogen and oxygen atoms in total. The molecule has 230 valence electrons. The topological polar surface area (TPSA) is 132 Å². The number of imidazole rings is 1. The molecule has 0 fully saturated rings. The van der Waals surface area contributed by atoms with E-state index in [4.69, 9.17) is 25.5 Å². The number of halogens is 1. The summed E-state index contributed by atoms with van der Waals surface area (Å²) in [6, 6.07) is 25.0. The summed E-state index contributed by atoms with van der Waals surface area (Å²) in [5, 5.41) is 11.9. The maximum absolute atomic E-state index is 12.6. The Morgan fingerprint density at radius 1 is 0.913 bits per heavy atom. The molecule has 0 aliphatic heterocycles. The number of nitrogens with zero attached hydrogens (tertiary/aromatic N) is 3. The summed E-state index contributed by atoms with van der Waals surface area (Å²) in [5.41, 5.74) is 5.04. The molecule has 2 heterocycles. The van der Waals surface area contributed by atoms with Crippen LogP contribution in [0.2, 0.25) is 5.02 Å². The number of thioether (sulfide) groups is 1. The van der Waals surface area contributed by atoms with Crippen LogP contribution in [0.1, 0.15) is 15.9 Å². The van der Waals surface area contributed by atoms with Gasteiger partial charge in [0.1, 0.15) is 5.82 Å². The molecular formula is C34H26ClN5O5S. The van der Waals surface area contributed by atoms with Gasteiger partial charge in [0.05, 0.1) is 31.0 Å². The quantitative estimate of drug-likeness (QED) is 0.0826. The van der Waals surface area contributed by atoms with Gasteiger partial charge in [0, 0.05) is 27.4 Å². The van der Waals surface area contributed by atoms with Crippen molar-refractivity contribution >= 4 is 57.9 Å². The number of methoxy groups -OCH3 is 2. The summed E-state index contributed by atoms with van der Waals surface area (Å²) < 4.78 is 16.6. The van der Waals surface area contributed by atoms with Crippen molar-refractivity contribution in [2.24, 2.45) is 0 Å². The van der Waals surface area contributed by atoms with Crippen LogP contribution in [-0.4, -0.2) is 51.8 Å². The number of aromatic nitrogens is 4. The number of amides is 1. The fourth-order valence-electron chi connectivity index (χ4n) is 4.53. The third-order valence-electron chi connectivity index (χ3n) is 6.87. The van der Waals surface area contributed by atoms with E-state index in [9.17, 15) is 9.59 Å². The van der Waals surface area contributed by atoms with E-state index in [1.165, 1.54) is 6.08 Å². The first-order chi connectivity index (χ1) is 22.4. The Morgan fingerprint density at radius 3 is 2.43 bits per heavy atom. The molecule has 2 N–H and O–H groups in total. The Kier molecular flexibility index (Phi) is 9.13. The lowest BCUT2D eigenvalue weighted by Gasteiger charge is -2.08. The maximum Gasteiger partial charge on any atom is 0.277 e. The lowest BCUT2D eigenvalue weighted by molar-refractivity contribution is -0.113. The fraction of sp³-hybridized carbons (Fsp3) is 0.0882. The van der Waals surface area contributed by atoms with Gasteiger partial charge in [-0.1, -0.05) is 41.6 Å². The molecule has 0 spiro atoms. The summed E-state index contributed by atoms with van der Waals surface area (Å²) in [4.78, 5) is 33.1. The molecule has 6 aromatic rings. The number of ether oxygens (including phenoxy) is 2. The van der Waals surface area contributed by atoms with E-state index in [1.54, 1.807) is 56.7 Å². The van der Waals surface area contributed by atoms with Gasteiger partial charge in [0.2, 0.25) is 11.8 Å². The van der Waals surface area contributed by atoms with E-state index in [-0.39, 0.29) is 22.7 Å². The first-order valence-corrected chi connectivity index (χ1v) is 15.3. The van der Waals surface area contributed by atoms with Gasteiger partial charge in [-0.05, 0) is 84.4 Å². The number of rotatable bonds is 11. The number of fused-ring (bicyclic) bond motifs is 1. The van der Waals surface area contributed by atoms with Crippen LogP contribution in [-0.2, 0) is 4.79 Å². The van der Waals surface area contributed by atoms with Gasteiger partial charge < -0.3 is 24.2 Å². The second-order valence-electron chi connectivity index (χ2n) is 9.92. The van der Waals surface area contributed by atoms with Crippen molar-refractivity contribution in [3.8, 4) is 34.3 Å². The van der Waals surface area contributed by atoms with Gasteiger partial charge in [0.15, 0.2) is 17.3 Å². The molecule has 0 bridgehead atoms. The Bertz CT molecular complexity index is 2060. The van der Waals surface area contributed by atoms with Crippen molar-refractivity contribution in [1.82, 2.24) is 20.2 Å². The molecule has 0 saturated carbocycles. The van der Waals surface area contributed by atoms with Gasteiger partial charge in [-0.15, -0.1) is 10.2 Å². The monoisotopic (exact) mass is 651 g/mol. The zero-order valence-corrected chi connectivity index (χ0v) is 26.2. The molecule has 6 rings (SSSR count). The van der Waals surface area contributed by atoms with E-state index < -0.39 is 0 Å². The zero-order chi connectivity index (χ0) is 32.0. The van der Waals surface area contributed by atoms with Crippen LogP contribution in [0.3, 0.4) is 0 Å². The summed E-state index contributed by atoms with van der Waals surface area (Å²) >= 11 is 7.02. The lowest BCUT2D eigenvalue weighted by Crippen LogP contribution is -2.14. The number of benzene rings is 4. The predicted octanol–water partition coefficient (Wildman–Crippen LogP) is 7.58. The number of carbonyl (C=O) groups is 2. The van der Waals surface area contributed by atoms with Crippen LogP contribution in [0.25, 0.3) is 40.0 Å². The number of anilines is 1. The molecule has 0 aliphatic carbocycles. The first kappa shape index (κ1) is 30.6. The van der Waals surface area contributed by atoms with Crippen molar-refractivity contribution in [2.45, 2.75) is 5.22 Å². The highest BCUT2D eigenvalue weighted by molar-refractivity contribution is 7.99. The highest BCUT2D eigenvalue weighted by atomic mass is 35.5. The van der Waals surface area contributed by atoms with Gasteiger partial charge in [-0.25, -0.2) is 4.98 Å². The molecule has 0 atom stereocenters. The standard InChI is InChI=1S/C34H26ClN5O5S/c1-43-29-16-9-22(18-30(29)44-2)32-37-26-14-8-23(17-27(26)38-32)33-39-40-34(45-33)46-19-31(42)36-25-12-6-21(7-13-25)28(41)15-5-20-3-10-24(35)11-4-20/h3-18H,19H2,1-2H3,(H,36,42)(H,37,38)/b15-5+. The summed E-state index contributed by atoms with van der Waals surface area (Å²) in [7, 11) is 3.18. The minimum absolute atomic E-state index is 0.0560. The van der Waals surface area contributed by atoms with Gasteiger partial charge in [-0.3, -0.25) is 9.59 Å². The summed E-state index contributed by atoms with van der Waals surface area (Å²) in [6.45, 7) is 0. The molecule has 0 aliphatic rings. The van der Waals surface area contributed by atoms with Gasteiger partial charge in [0.25, 0.3) is 5.22 Å². The van der Waals surface area contributed by atoms with Gasteiger partial charge in [-0.2, -0.15) is 0 Å². The number of aromatic amines is 1. The second kappa shape index (κ2) is 13.7. The zero-order valence-electron chi connectivity index (χ0n) is 24.6. The molecular weight excluding hydrogens is 626 g/mol. The highest BCUT2D eigenvalue weighted by Crippen LogP contribution is 2.33. The molecule has 1 amide bonds. The normalized spacial score (nSPS) is 11.2. The lowest BCUT2D eigenvalue weighted by atomic mass is 10.1. The van der Waals surface area contributed by atoms with Crippen molar-refractivity contribution in [1.29, 1.82) is 0 Å². The molecule has 4 aromatic carbocycles. The molecule has 2 aromatic heterocycles. The number of carbonyl (C=O) groups excluding carboxylic acids is 2. The number of H-pyrrole nitrogens is 1. The van der Waals surface area contributed by atoms with Crippen LogP contribution in [0.4, 0.5) is 5.69 Å². The second-order valence-corrected chi connectivity index (χ2v) is 11.3. The highest BCUT2D eigenvalue weighted by Gasteiger charge is 2.15. The molecule has 12 heteroatoms. The number of hydrogen-bond acceptors (Lipinski definition) is 9. The average molecular weight is 652 g/mol. The smallest absolute Gasteiger partial charge is 0.277 e. The number of nitrogens with one attached hydrogen (secondary N) is 2. The summed E-state index contributed by atoms with van der Waals surface area (Å²) in [5.74, 6) is 1.88. The predicted molar refractivity (Wildman–Crippen MR) is 179 cm³/mol. The fourth-order valence-corrected chi connectivity index (χ4v) is 5.22. The van der Waals surface area contributed by atoms with E-state index in [1.807, 2.05) is 48.5 Å². The third kappa shape index (κ3) is 7.12. The van der Waals surface area contributed by atoms with E-state index >= 15 is 0 Å². The largest absolute Gasteiger partial charge is 0.493 e. The van der Waals surface area contributed by atoms with Crippen molar-refractivity contribution in [3.05, 3.63) is 107 Å². The minimum Gasteiger partial charge on any atom is -0.493 e. The Balaban J connectivity index is 1.04. The molecule has 46 heavy (non-hydrogen) atoms. The Morgan fingerprint density at radius 2 is 1.67 bits per heavy atom. The van der Waals surface area contributed by atoms with E-state index in [0.717, 1.165) is 33.9 Å². The van der Waals surface area contributed by atoms with Crippen molar-refractivity contribution in [2.75, 3.05) is 25.3 Å². The third-order valence-corrected chi connectivity index (χ3v) is 7.94. The first-order valence-electron chi connectivity index (χ1n) is 14.0. The van der Waals surface area contributed by atoms with Crippen LogP contribution >= 0.6 is 23.4 Å². The van der Waals surface area contributed by atoms with Crippen LogP contribution in [0, 0.1) is 0 Å². The number of allylic oxidation sites excluding steroid dienone is 1. The molecule has 0 saturated heterocycles. The van der Waals surface area contributed by atoms with Crippen LogP contribution in [0.15, 0.2) is 101 Å². The SMILES string of the molecule is COc1ccc(-c2nc3ccc(-c4nnc(SCC(=O)Nc5ccc(C(=O)/C=C/c6ccc(Cl)cc6)cc5)o4)cc3[nH]2)cc1OC. The van der Waals surface area contributed by atoms with Crippen molar-refractivity contribution < 1.29 is 23.5 Å². The van der Waals surface area contributed by atoms with Crippen molar-refractivity contribution in [3.63, 3.8) is 0 Å². The Labute approximate surface area is 272 Å². The van der Waals surface area contributed by atoms with Gasteiger partial charge >= 0.3 is 0 Å². The maximum atomic E-state index is 12.6. The van der Waals surface area contributed by atoms with E-state index in [0.29, 0.717) is 45.1 Å².